The summed E-state index contributed by atoms with van der Waals surface area (Å²) in [4.78, 5) is 0. The van der Waals surface area contributed by atoms with Gasteiger partial charge in [0.05, 0.1) is 6.61 Å². The van der Waals surface area contributed by atoms with Gasteiger partial charge >= 0.3 is 0 Å². The van der Waals surface area contributed by atoms with Crippen molar-refractivity contribution >= 4 is 28.6 Å². The van der Waals surface area contributed by atoms with Gasteiger partial charge in [0.1, 0.15) is 5.75 Å². The van der Waals surface area contributed by atoms with E-state index in [4.69, 9.17) is 4.74 Å². The molecule has 0 fully saturated rings. The first-order valence-electron chi connectivity index (χ1n) is 5.17. The van der Waals surface area contributed by atoms with Crippen LogP contribution in [-0.4, -0.2) is 12.4 Å². The highest BCUT2D eigenvalue weighted by Gasteiger charge is 2.06. The molecule has 1 aromatic carbocycles. The molecule has 0 aliphatic heterocycles. The number of hydrogen-bond donors (Lipinski definition) is 1. The van der Waals surface area contributed by atoms with Crippen LogP contribution in [0.2, 0.25) is 0 Å². The molecule has 0 radical (unpaired) electrons. The lowest BCUT2D eigenvalue weighted by molar-refractivity contribution is 0.258. The molecule has 0 saturated heterocycles. The Morgan fingerprint density at radius 1 is 1.47 bits per heavy atom. The van der Waals surface area contributed by atoms with Gasteiger partial charge in [-0.2, -0.15) is 12.6 Å². The van der Waals surface area contributed by atoms with E-state index in [1.165, 1.54) is 5.56 Å². The maximum Gasteiger partial charge on any atom is 0.122 e. The quantitative estimate of drug-likeness (QED) is 0.803. The summed E-state index contributed by atoms with van der Waals surface area (Å²) in [6, 6.07) is 6.08. The third kappa shape index (κ3) is 4.07. The van der Waals surface area contributed by atoms with Gasteiger partial charge in [-0.15, -0.1) is 0 Å². The number of ether oxygens (including phenoxy) is 1. The lowest BCUT2D eigenvalue weighted by atomic mass is 10.1. The molecule has 0 amide bonds. The van der Waals surface area contributed by atoms with Gasteiger partial charge in [0.25, 0.3) is 0 Å². The lowest BCUT2D eigenvalue weighted by Crippen LogP contribution is -2.13. The van der Waals surface area contributed by atoms with Crippen LogP contribution < -0.4 is 4.74 Å². The van der Waals surface area contributed by atoms with E-state index < -0.39 is 0 Å². The zero-order chi connectivity index (χ0) is 11.3. The molecule has 84 valence electrons. The SMILES string of the molecule is CCC(CS)COc1ccc(Br)cc1C. The normalized spacial score (nSPS) is 12.5. The largest absolute Gasteiger partial charge is 0.493 e. The van der Waals surface area contributed by atoms with Gasteiger partial charge in [0.15, 0.2) is 0 Å². The zero-order valence-corrected chi connectivity index (χ0v) is 11.6. The van der Waals surface area contributed by atoms with Crippen molar-refractivity contribution in [1.82, 2.24) is 0 Å². The summed E-state index contributed by atoms with van der Waals surface area (Å²) in [5.41, 5.74) is 1.17. The van der Waals surface area contributed by atoms with Crippen molar-refractivity contribution in [3.05, 3.63) is 28.2 Å². The summed E-state index contributed by atoms with van der Waals surface area (Å²) in [7, 11) is 0. The predicted octanol–water partition coefficient (Wildman–Crippen LogP) is 4.09. The number of thiol groups is 1. The smallest absolute Gasteiger partial charge is 0.122 e. The maximum atomic E-state index is 5.77. The highest BCUT2D eigenvalue weighted by atomic mass is 79.9. The Kier molecular flexibility index (Phi) is 5.54. The number of halogens is 1. The minimum atomic E-state index is 0.538. The Hall–Kier alpha value is -0.150. The molecule has 0 aliphatic rings. The highest BCUT2D eigenvalue weighted by Crippen LogP contribution is 2.23. The fourth-order valence-corrected chi connectivity index (χ4v) is 2.12. The standard InChI is InChI=1S/C12H17BrOS/c1-3-10(8-15)7-14-12-5-4-11(13)6-9(12)2/h4-6,10,15H,3,7-8H2,1-2H3. The Balaban J connectivity index is 2.57. The van der Waals surface area contributed by atoms with Crippen molar-refractivity contribution < 1.29 is 4.74 Å². The van der Waals surface area contributed by atoms with Crippen LogP contribution in [0.25, 0.3) is 0 Å². The molecule has 0 heterocycles. The van der Waals surface area contributed by atoms with Crippen molar-refractivity contribution in [2.24, 2.45) is 5.92 Å². The molecular formula is C12H17BrOS. The third-order valence-electron chi connectivity index (χ3n) is 2.45. The van der Waals surface area contributed by atoms with E-state index in [0.717, 1.165) is 29.0 Å². The molecule has 1 aromatic rings. The molecule has 0 bridgehead atoms. The summed E-state index contributed by atoms with van der Waals surface area (Å²) in [6.07, 6.45) is 1.11. The molecule has 1 unspecified atom stereocenters. The van der Waals surface area contributed by atoms with Crippen LogP contribution >= 0.6 is 28.6 Å². The fourth-order valence-electron chi connectivity index (χ4n) is 1.28. The van der Waals surface area contributed by atoms with E-state index in [0.29, 0.717) is 5.92 Å². The second kappa shape index (κ2) is 6.44. The number of hydrogen-bond acceptors (Lipinski definition) is 2. The first-order chi connectivity index (χ1) is 7.17. The van der Waals surface area contributed by atoms with Gasteiger partial charge in [-0.3, -0.25) is 0 Å². The average Bonchev–Trinajstić information content (AvgIpc) is 2.22. The molecule has 0 saturated carbocycles. The predicted molar refractivity (Wildman–Crippen MR) is 72.0 cm³/mol. The first kappa shape index (κ1) is 12.9. The van der Waals surface area contributed by atoms with Crippen molar-refractivity contribution in [2.75, 3.05) is 12.4 Å². The fraction of sp³-hybridized carbons (Fsp3) is 0.500. The molecule has 0 aromatic heterocycles. The average molecular weight is 289 g/mol. The van der Waals surface area contributed by atoms with Crippen molar-refractivity contribution in [2.45, 2.75) is 20.3 Å². The van der Waals surface area contributed by atoms with Crippen LogP contribution in [0, 0.1) is 12.8 Å². The molecular weight excluding hydrogens is 272 g/mol. The van der Waals surface area contributed by atoms with E-state index in [1.54, 1.807) is 0 Å². The molecule has 1 nitrogen and oxygen atoms in total. The highest BCUT2D eigenvalue weighted by molar-refractivity contribution is 9.10. The van der Waals surface area contributed by atoms with Crippen LogP contribution in [0.5, 0.6) is 5.75 Å². The van der Waals surface area contributed by atoms with Gasteiger partial charge in [0.2, 0.25) is 0 Å². The molecule has 3 heteroatoms. The summed E-state index contributed by atoms with van der Waals surface area (Å²) in [5, 5.41) is 0. The summed E-state index contributed by atoms with van der Waals surface area (Å²) in [6.45, 7) is 4.98. The zero-order valence-electron chi connectivity index (χ0n) is 9.16. The van der Waals surface area contributed by atoms with Gasteiger partial charge < -0.3 is 4.74 Å². The Labute approximate surface area is 106 Å². The Morgan fingerprint density at radius 2 is 2.20 bits per heavy atom. The number of rotatable bonds is 5. The van der Waals surface area contributed by atoms with Gasteiger partial charge in [-0.05, 0) is 42.9 Å². The topological polar surface area (TPSA) is 9.23 Å². The minimum Gasteiger partial charge on any atom is -0.493 e. The van der Waals surface area contributed by atoms with Gasteiger partial charge in [0, 0.05) is 10.4 Å². The van der Waals surface area contributed by atoms with Crippen LogP contribution in [0.15, 0.2) is 22.7 Å². The van der Waals surface area contributed by atoms with Crippen LogP contribution in [-0.2, 0) is 0 Å². The van der Waals surface area contributed by atoms with Crippen LogP contribution in [0.4, 0.5) is 0 Å². The molecule has 15 heavy (non-hydrogen) atoms. The molecule has 1 atom stereocenters. The summed E-state index contributed by atoms with van der Waals surface area (Å²) < 4.78 is 6.86. The second-order valence-electron chi connectivity index (χ2n) is 3.68. The number of benzene rings is 1. The summed E-state index contributed by atoms with van der Waals surface area (Å²) in [5.74, 6) is 2.39. The van der Waals surface area contributed by atoms with Crippen LogP contribution in [0.3, 0.4) is 0 Å². The van der Waals surface area contributed by atoms with E-state index in [2.05, 4.69) is 48.5 Å². The molecule has 1 rings (SSSR count). The van der Waals surface area contributed by atoms with Crippen molar-refractivity contribution in [3.8, 4) is 5.75 Å². The van der Waals surface area contributed by atoms with Crippen LogP contribution in [0.1, 0.15) is 18.9 Å². The monoisotopic (exact) mass is 288 g/mol. The molecule has 0 N–H and O–H groups in total. The van der Waals surface area contributed by atoms with E-state index >= 15 is 0 Å². The summed E-state index contributed by atoms with van der Waals surface area (Å²) >= 11 is 7.73. The number of aryl methyl sites for hydroxylation is 1. The third-order valence-corrected chi connectivity index (χ3v) is 3.46. The lowest BCUT2D eigenvalue weighted by Gasteiger charge is -2.14. The Bertz CT molecular complexity index is 310. The van der Waals surface area contributed by atoms with E-state index in [-0.39, 0.29) is 0 Å². The second-order valence-corrected chi connectivity index (χ2v) is 4.96. The van der Waals surface area contributed by atoms with Gasteiger partial charge in [-0.25, -0.2) is 0 Å². The van der Waals surface area contributed by atoms with Gasteiger partial charge in [-0.1, -0.05) is 22.9 Å². The first-order valence-corrected chi connectivity index (χ1v) is 6.59. The van der Waals surface area contributed by atoms with Crippen molar-refractivity contribution in [3.63, 3.8) is 0 Å². The Morgan fingerprint density at radius 3 is 2.73 bits per heavy atom. The van der Waals surface area contributed by atoms with E-state index in [1.807, 2.05) is 12.1 Å². The molecule has 0 spiro atoms. The molecule has 0 aliphatic carbocycles. The maximum absolute atomic E-state index is 5.77. The van der Waals surface area contributed by atoms with Crippen molar-refractivity contribution in [1.29, 1.82) is 0 Å². The minimum absolute atomic E-state index is 0.538. The van der Waals surface area contributed by atoms with E-state index in [9.17, 15) is 0 Å².